The summed E-state index contributed by atoms with van der Waals surface area (Å²) in [6.07, 6.45) is 3.43. The molecule has 7 nitrogen and oxygen atoms in total. The Morgan fingerprint density at radius 1 is 1.42 bits per heavy atom. The first-order valence-corrected chi connectivity index (χ1v) is 9.73. The first-order chi connectivity index (χ1) is 11.3. The van der Waals surface area contributed by atoms with Crippen LogP contribution in [0.3, 0.4) is 0 Å². The Morgan fingerprint density at radius 3 is 2.75 bits per heavy atom. The molecule has 1 aliphatic heterocycles. The number of hydrogen-bond acceptors (Lipinski definition) is 5. The Kier molecular flexibility index (Phi) is 4.25. The van der Waals surface area contributed by atoms with Gasteiger partial charge in [0.1, 0.15) is 5.76 Å². The van der Waals surface area contributed by atoms with Gasteiger partial charge in [-0.1, -0.05) is 0 Å². The minimum Gasteiger partial charge on any atom is -0.456 e. The van der Waals surface area contributed by atoms with Gasteiger partial charge in [0, 0.05) is 30.4 Å². The largest absolute Gasteiger partial charge is 0.456 e. The van der Waals surface area contributed by atoms with Gasteiger partial charge < -0.3 is 9.32 Å². The number of carbonyl (C=O) groups is 1. The van der Waals surface area contributed by atoms with Gasteiger partial charge in [-0.15, -0.1) is 0 Å². The van der Waals surface area contributed by atoms with Crippen molar-refractivity contribution in [2.45, 2.75) is 33.4 Å². The molecule has 0 unspecified atom stereocenters. The minimum absolute atomic E-state index is 0.0319. The van der Waals surface area contributed by atoms with Crippen LogP contribution in [0.2, 0.25) is 0 Å². The van der Waals surface area contributed by atoms with Crippen LogP contribution >= 0.6 is 0 Å². The van der Waals surface area contributed by atoms with Crippen LogP contribution in [0.1, 0.15) is 40.4 Å². The molecule has 0 N–H and O–H groups in total. The molecule has 1 amide bonds. The van der Waals surface area contributed by atoms with Crippen LogP contribution in [0.25, 0.3) is 0 Å². The SMILES string of the molecule is CCn1cc([C@H]2CS(=O)(=O)CCN2C(=O)c2oc(C)cc2C)cn1. The topological polar surface area (TPSA) is 85.4 Å². The zero-order valence-corrected chi connectivity index (χ0v) is 14.8. The molecule has 3 rings (SSSR count). The van der Waals surface area contributed by atoms with Crippen LogP contribution in [0, 0.1) is 13.8 Å². The average molecular weight is 351 g/mol. The van der Waals surface area contributed by atoms with Crippen LogP contribution in [-0.2, 0) is 16.4 Å². The quantitative estimate of drug-likeness (QED) is 0.840. The summed E-state index contributed by atoms with van der Waals surface area (Å²) in [6.45, 7) is 6.39. The lowest BCUT2D eigenvalue weighted by Gasteiger charge is -2.34. The lowest BCUT2D eigenvalue weighted by molar-refractivity contribution is 0.0662. The van der Waals surface area contributed by atoms with Gasteiger partial charge in [0.15, 0.2) is 15.6 Å². The second-order valence-corrected chi connectivity index (χ2v) is 8.36. The first-order valence-electron chi connectivity index (χ1n) is 7.91. The number of aryl methyl sites for hydroxylation is 3. The zero-order valence-electron chi connectivity index (χ0n) is 14.0. The molecule has 0 radical (unpaired) electrons. The second-order valence-electron chi connectivity index (χ2n) is 6.13. The van der Waals surface area contributed by atoms with Crippen molar-refractivity contribution in [2.75, 3.05) is 18.1 Å². The van der Waals surface area contributed by atoms with Crippen LogP contribution < -0.4 is 0 Å². The van der Waals surface area contributed by atoms with Crippen molar-refractivity contribution in [1.82, 2.24) is 14.7 Å². The molecule has 8 heteroatoms. The lowest BCUT2D eigenvalue weighted by Crippen LogP contribution is -2.46. The maximum Gasteiger partial charge on any atom is 0.290 e. The highest BCUT2D eigenvalue weighted by Crippen LogP contribution is 2.29. The number of rotatable bonds is 3. The summed E-state index contributed by atoms with van der Waals surface area (Å²) in [5.41, 5.74) is 1.49. The minimum atomic E-state index is -3.19. The van der Waals surface area contributed by atoms with Gasteiger partial charge in [-0.2, -0.15) is 5.10 Å². The van der Waals surface area contributed by atoms with E-state index in [0.717, 1.165) is 11.1 Å². The van der Waals surface area contributed by atoms with Crippen molar-refractivity contribution in [3.05, 3.63) is 41.1 Å². The highest BCUT2D eigenvalue weighted by Gasteiger charge is 2.37. The van der Waals surface area contributed by atoms with E-state index in [9.17, 15) is 13.2 Å². The molecule has 0 aromatic carbocycles. The molecule has 1 aliphatic rings. The fourth-order valence-corrected chi connectivity index (χ4v) is 4.53. The van der Waals surface area contributed by atoms with E-state index in [1.54, 1.807) is 35.0 Å². The number of aromatic nitrogens is 2. The van der Waals surface area contributed by atoms with E-state index in [4.69, 9.17) is 4.42 Å². The monoisotopic (exact) mass is 351 g/mol. The summed E-state index contributed by atoms with van der Waals surface area (Å²) >= 11 is 0. The number of furan rings is 1. The molecule has 0 spiro atoms. The van der Waals surface area contributed by atoms with Crippen molar-refractivity contribution in [2.24, 2.45) is 0 Å². The molecule has 130 valence electrons. The number of sulfone groups is 1. The van der Waals surface area contributed by atoms with E-state index < -0.39 is 15.9 Å². The molecule has 0 aliphatic carbocycles. The molecule has 24 heavy (non-hydrogen) atoms. The Labute approximate surface area is 141 Å². The van der Waals surface area contributed by atoms with Crippen LogP contribution in [-0.4, -0.2) is 47.1 Å². The van der Waals surface area contributed by atoms with E-state index in [1.807, 2.05) is 13.8 Å². The molecule has 1 atom stereocenters. The van der Waals surface area contributed by atoms with Crippen LogP contribution in [0.4, 0.5) is 0 Å². The van der Waals surface area contributed by atoms with Gasteiger partial charge in [-0.3, -0.25) is 9.48 Å². The number of amides is 1. The summed E-state index contributed by atoms with van der Waals surface area (Å²) in [6, 6.07) is 1.26. The second kappa shape index (κ2) is 6.08. The molecule has 0 saturated carbocycles. The highest BCUT2D eigenvalue weighted by atomic mass is 32.2. The molecular formula is C16H21N3O4S. The summed E-state index contributed by atoms with van der Waals surface area (Å²) in [5.74, 6) is 0.545. The predicted octanol–water partition coefficient (Wildman–Crippen LogP) is 1.72. The number of nitrogens with zero attached hydrogens (tertiary/aromatic N) is 3. The molecule has 1 saturated heterocycles. The maximum atomic E-state index is 12.9. The smallest absolute Gasteiger partial charge is 0.290 e. The van der Waals surface area contributed by atoms with E-state index in [-0.39, 0.29) is 29.7 Å². The summed E-state index contributed by atoms with van der Waals surface area (Å²) in [5, 5.41) is 4.21. The number of carbonyl (C=O) groups excluding carboxylic acids is 1. The molecule has 1 fully saturated rings. The Balaban J connectivity index is 1.97. The van der Waals surface area contributed by atoms with Gasteiger partial charge in [0.2, 0.25) is 0 Å². The Morgan fingerprint density at radius 2 is 2.17 bits per heavy atom. The van der Waals surface area contributed by atoms with Crippen molar-refractivity contribution >= 4 is 15.7 Å². The van der Waals surface area contributed by atoms with Gasteiger partial charge in [0.05, 0.1) is 23.7 Å². The van der Waals surface area contributed by atoms with E-state index in [0.29, 0.717) is 12.3 Å². The summed E-state index contributed by atoms with van der Waals surface area (Å²) < 4.78 is 31.4. The fraction of sp³-hybridized carbons (Fsp3) is 0.500. The molecule has 3 heterocycles. The molecule has 2 aromatic heterocycles. The van der Waals surface area contributed by atoms with Gasteiger partial charge in [0.25, 0.3) is 5.91 Å². The first kappa shape index (κ1) is 16.8. The third kappa shape index (κ3) is 3.10. The van der Waals surface area contributed by atoms with Crippen molar-refractivity contribution in [3.63, 3.8) is 0 Å². The van der Waals surface area contributed by atoms with Gasteiger partial charge >= 0.3 is 0 Å². The molecule has 2 aromatic rings. The van der Waals surface area contributed by atoms with Crippen LogP contribution in [0.5, 0.6) is 0 Å². The van der Waals surface area contributed by atoms with Gasteiger partial charge in [-0.25, -0.2) is 8.42 Å². The fourth-order valence-electron chi connectivity index (χ4n) is 3.04. The van der Waals surface area contributed by atoms with Crippen LogP contribution in [0.15, 0.2) is 22.9 Å². The van der Waals surface area contributed by atoms with Gasteiger partial charge in [-0.05, 0) is 26.8 Å². The van der Waals surface area contributed by atoms with E-state index in [1.165, 1.54) is 0 Å². The maximum absolute atomic E-state index is 12.9. The molecular weight excluding hydrogens is 330 g/mol. The zero-order chi connectivity index (χ0) is 17.5. The summed E-state index contributed by atoms with van der Waals surface area (Å²) in [7, 11) is -3.19. The lowest BCUT2D eigenvalue weighted by atomic mass is 10.1. The van der Waals surface area contributed by atoms with Crippen molar-refractivity contribution in [3.8, 4) is 0 Å². The Bertz CT molecular complexity index is 866. The van der Waals surface area contributed by atoms with E-state index in [2.05, 4.69) is 5.10 Å². The highest BCUT2D eigenvalue weighted by molar-refractivity contribution is 7.91. The average Bonchev–Trinajstić information content (AvgIpc) is 3.12. The summed E-state index contributed by atoms with van der Waals surface area (Å²) in [4.78, 5) is 14.5. The third-order valence-corrected chi connectivity index (χ3v) is 5.92. The molecule has 0 bridgehead atoms. The van der Waals surface area contributed by atoms with E-state index >= 15 is 0 Å². The van der Waals surface area contributed by atoms with Crippen molar-refractivity contribution in [1.29, 1.82) is 0 Å². The normalized spacial score (nSPS) is 20.3. The van der Waals surface area contributed by atoms with Crippen molar-refractivity contribution < 1.29 is 17.6 Å². The standard InChI is InChI=1S/C16H21N3O4S/c1-4-18-9-13(8-17-18)14-10-24(21,22)6-5-19(14)16(20)15-11(2)7-12(3)23-15/h7-9,14H,4-6,10H2,1-3H3/t14-/m1/s1. The third-order valence-electron chi connectivity index (χ3n) is 4.29. The number of hydrogen-bond donors (Lipinski definition) is 0. The Hall–Kier alpha value is -2.09. The predicted molar refractivity (Wildman–Crippen MR) is 88.5 cm³/mol.